The molecule has 0 amide bonds. The maximum absolute atomic E-state index is 10.8. The minimum atomic E-state index is -0.971. The molecule has 0 aliphatic carbocycles. The van der Waals surface area contributed by atoms with Crippen LogP contribution in [-0.2, 0) is 11.2 Å². The van der Waals surface area contributed by atoms with Crippen molar-refractivity contribution >= 4 is 22.5 Å². The highest BCUT2D eigenvalue weighted by Gasteiger charge is 2.16. The number of hydrogen-bond acceptors (Lipinski definition) is 3. The molecule has 0 bridgehead atoms. The summed E-state index contributed by atoms with van der Waals surface area (Å²) in [5, 5.41) is 19.1. The van der Waals surface area contributed by atoms with Crippen LogP contribution in [0.1, 0.15) is 11.3 Å². The predicted molar refractivity (Wildman–Crippen MR) is 70.4 cm³/mol. The lowest BCUT2D eigenvalue weighted by Crippen LogP contribution is -1.99. The van der Waals surface area contributed by atoms with Crippen LogP contribution < -0.4 is 0 Å². The molecule has 0 saturated carbocycles. The highest BCUT2D eigenvalue weighted by atomic mass is 16.4. The van der Waals surface area contributed by atoms with Gasteiger partial charge in [0.15, 0.2) is 5.88 Å². The Kier molecular flexibility index (Phi) is 2.41. The van der Waals surface area contributed by atoms with E-state index in [2.05, 4.69) is 4.98 Å². The molecule has 3 aromatic rings. The summed E-state index contributed by atoms with van der Waals surface area (Å²) < 4.78 is 1.65. The fourth-order valence-electron chi connectivity index (χ4n) is 2.34. The van der Waals surface area contributed by atoms with Gasteiger partial charge in [-0.3, -0.25) is 9.20 Å². The Bertz CT molecular complexity index is 805. The molecule has 3 rings (SSSR count). The molecule has 5 heteroatoms. The zero-order valence-electron chi connectivity index (χ0n) is 10.3. The molecule has 0 aliphatic heterocycles. The monoisotopic (exact) mass is 256 g/mol. The number of fused-ring (bicyclic) bond motifs is 3. The van der Waals surface area contributed by atoms with Crippen molar-refractivity contribution < 1.29 is 15.0 Å². The van der Waals surface area contributed by atoms with Crippen LogP contribution >= 0.6 is 0 Å². The van der Waals surface area contributed by atoms with Gasteiger partial charge >= 0.3 is 5.97 Å². The van der Waals surface area contributed by atoms with Gasteiger partial charge in [-0.05, 0) is 25.1 Å². The first-order valence-corrected chi connectivity index (χ1v) is 5.88. The molecule has 0 saturated heterocycles. The average molecular weight is 256 g/mol. The molecule has 0 fully saturated rings. The summed E-state index contributed by atoms with van der Waals surface area (Å²) in [6, 6.07) is 9.11. The van der Waals surface area contributed by atoms with Crippen molar-refractivity contribution in [1.82, 2.24) is 9.38 Å². The van der Waals surface area contributed by atoms with Gasteiger partial charge in [0.05, 0.1) is 28.7 Å². The third-order valence-corrected chi connectivity index (χ3v) is 3.17. The van der Waals surface area contributed by atoms with Crippen molar-refractivity contribution in [3.63, 3.8) is 0 Å². The zero-order chi connectivity index (χ0) is 13.6. The van der Waals surface area contributed by atoms with Gasteiger partial charge in [0, 0.05) is 5.56 Å². The molecule has 2 heterocycles. The topological polar surface area (TPSA) is 74.8 Å². The van der Waals surface area contributed by atoms with Gasteiger partial charge in [0.2, 0.25) is 0 Å². The fourth-order valence-corrected chi connectivity index (χ4v) is 2.34. The Morgan fingerprint density at radius 2 is 2.05 bits per heavy atom. The molecule has 0 spiro atoms. The highest BCUT2D eigenvalue weighted by Crippen LogP contribution is 2.29. The van der Waals surface area contributed by atoms with E-state index in [1.807, 2.05) is 31.2 Å². The van der Waals surface area contributed by atoms with Gasteiger partial charge in [-0.2, -0.15) is 0 Å². The molecule has 0 atom stereocenters. The van der Waals surface area contributed by atoms with Crippen LogP contribution in [0.4, 0.5) is 0 Å². The number of para-hydroxylation sites is 2. The van der Waals surface area contributed by atoms with E-state index in [0.29, 0.717) is 5.56 Å². The summed E-state index contributed by atoms with van der Waals surface area (Å²) >= 11 is 0. The number of carboxylic acid groups (broad SMARTS) is 1. The SMILES string of the molecule is Cc1nc2ccccc2n2c(O)c(CC(=O)O)cc12. The zero-order valence-corrected chi connectivity index (χ0v) is 10.3. The molecule has 96 valence electrons. The number of rotatable bonds is 2. The lowest BCUT2D eigenvalue weighted by atomic mass is 10.2. The Hall–Kier alpha value is -2.56. The van der Waals surface area contributed by atoms with E-state index < -0.39 is 5.97 Å². The molecule has 0 unspecified atom stereocenters. The number of hydrogen-bond donors (Lipinski definition) is 2. The Balaban J connectivity index is 2.42. The van der Waals surface area contributed by atoms with Gasteiger partial charge in [0.1, 0.15) is 0 Å². The Morgan fingerprint density at radius 1 is 1.32 bits per heavy atom. The lowest BCUT2D eigenvalue weighted by Gasteiger charge is -2.05. The van der Waals surface area contributed by atoms with E-state index >= 15 is 0 Å². The molecule has 5 nitrogen and oxygen atoms in total. The molecular formula is C14H12N2O3. The summed E-state index contributed by atoms with van der Waals surface area (Å²) in [4.78, 5) is 15.3. The quantitative estimate of drug-likeness (QED) is 0.736. The van der Waals surface area contributed by atoms with E-state index in [0.717, 1.165) is 22.2 Å². The number of benzene rings is 1. The minimum Gasteiger partial charge on any atom is -0.494 e. The largest absolute Gasteiger partial charge is 0.494 e. The number of carboxylic acids is 1. The minimum absolute atomic E-state index is 0.0286. The van der Waals surface area contributed by atoms with Gasteiger partial charge in [0.25, 0.3) is 0 Å². The highest BCUT2D eigenvalue weighted by molar-refractivity contribution is 5.82. The number of aromatic hydroxyl groups is 1. The maximum Gasteiger partial charge on any atom is 0.308 e. The molecule has 19 heavy (non-hydrogen) atoms. The first kappa shape index (κ1) is 11.5. The number of aryl methyl sites for hydroxylation is 1. The number of aliphatic carboxylic acids is 1. The summed E-state index contributed by atoms with van der Waals surface area (Å²) in [6.45, 7) is 1.84. The van der Waals surface area contributed by atoms with Gasteiger partial charge in [-0.25, -0.2) is 4.98 Å². The van der Waals surface area contributed by atoms with Crippen LogP contribution in [0.3, 0.4) is 0 Å². The summed E-state index contributed by atoms with van der Waals surface area (Å²) in [5.74, 6) is -1.000. The van der Waals surface area contributed by atoms with E-state index in [1.165, 1.54) is 0 Å². The van der Waals surface area contributed by atoms with Crippen LogP contribution in [0.25, 0.3) is 16.6 Å². The van der Waals surface area contributed by atoms with Gasteiger partial charge in [-0.15, -0.1) is 0 Å². The molecule has 1 aromatic carbocycles. The number of aromatic nitrogens is 2. The number of carbonyl (C=O) groups is 1. The van der Waals surface area contributed by atoms with Crippen molar-refractivity contribution in [3.8, 4) is 5.88 Å². The predicted octanol–water partition coefficient (Wildman–Crippen LogP) is 2.13. The molecular weight excluding hydrogens is 244 g/mol. The van der Waals surface area contributed by atoms with Crippen molar-refractivity contribution in [3.05, 3.63) is 41.6 Å². The maximum atomic E-state index is 10.8. The standard InChI is InChI=1S/C14H12N2O3/c1-8-12-6-9(7-13(17)18)14(19)16(12)11-5-3-2-4-10(11)15-8/h2-6,19H,7H2,1H3,(H,17,18). The Morgan fingerprint density at radius 3 is 2.79 bits per heavy atom. The second kappa shape index (κ2) is 3.98. The number of nitrogens with zero attached hydrogens (tertiary/aromatic N) is 2. The van der Waals surface area contributed by atoms with Crippen molar-refractivity contribution in [2.75, 3.05) is 0 Å². The van der Waals surface area contributed by atoms with Crippen LogP contribution in [0.2, 0.25) is 0 Å². The van der Waals surface area contributed by atoms with E-state index in [-0.39, 0.29) is 12.3 Å². The lowest BCUT2D eigenvalue weighted by molar-refractivity contribution is -0.136. The van der Waals surface area contributed by atoms with Crippen LogP contribution in [0, 0.1) is 6.92 Å². The van der Waals surface area contributed by atoms with Crippen LogP contribution in [0.15, 0.2) is 30.3 Å². The fraction of sp³-hybridized carbons (Fsp3) is 0.143. The normalized spacial score (nSPS) is 11.2. The molecule has 0 aliphatic rings. The van der Waals surface area contributed by atoms with Crippen molar-refractivity contribution in [1.29, 1.82) is 0 Å². The Labute approximate surface area is 108 Å². The third-order valence-electron chi connectivity index (χ3n) is 3.17. The third kappa shape index (κ3) is 1.71. The second-order valence-corrected chi connectivity index (χ2v) is 4.47. The van der Waals surface area contributed by atoms with Crippen molar-refractivity contribution in [2.24, 2.45) is 0 Å². The second-order valence-electron chi connectivity index (χ2n) is 4.47. The molecule has 2 N–H and O–H groups in total. The first-order chi connectivity index (χ1) is 9.08. The van der Waals surface area contributed by atoms with Gasteiger partial charge < -0.3 is 10.2 Å². The summed E-state index contributed by atoms with van der Waals surface area (Å²) in [6.07, 6.45) is -0.207. The molecule has 0 radical (unpaired) electrons. The van der Waals surface area contributed by atoms with E-state index in [9.17, 15) is 9.90 Å². The average Bonchev–Trinajstić information content (AvgIpc) is 2.68. The van der Waals surface area contributed by atoms with Crippen molar-refractivity contribution in [2.45, 2.75) is 13.3 Å². The first-order valence-electron chi connectivity index (χ1n) is 5.88. The smallest absolute Gasteiger partial charge is 0.308 e. The van der Waals surface area contributed by atoms with Gasteiger partial charge in [-0.1, -0.05) is 12.1 Å². The molecule has 2 aromatic heterocycles. The van der Waals surface area contributed by atoms with Crippen LogP contribution in [0.5, 0.6) is 5.88 Å². The van der Waals surface area contributed by atoms with E-state index in [4.69, 9.17) is 5.11 Å². The summed E-state index contributed by atoms with van der Waals surface area (Å²) in [5.41, 5.74) is 3.41. The van der Waals surface area contributed by atoms with Crippen LogP contribution in [-0.4, -0.2) is 25.6 Å². The van der Waals surface area contributed by atoms with E-state index in [1.54, 1.807) is 10.5 Å². The summed E-state index contributed by atoms with van der Waals surface area (Å²) in [7, 11) is 0.